The minimum atomic E-state index is -0.390. The molecule has 5 heteroatoms. The summed E-state index contributed by atoms with van der Waals surface area (Å²) in [5.41, 5.74) is 3.99. The Kier molecular flexibility index (Phi) is 4.95. The Morgan fingerprint density at radius 2 is 1.86 bits per heavy atom. The number of methoxy groups -OCH3 is 1. The highest BCUT2D eigenvalue weighted by atomic mass is 32.1. The molecule has 0 saturated heterocycles. The van der Waals surface area contributed by atoms with Crippen LogP contribution in [0, 0.1) is 5.41 Å². The van der Waals surface area contributed by atoms with Gasteiger partial charge in [0.2, 0.25) is 0 Å². The smallest absolute Gasteiger partial charge is 0.336 e. The molecule has 0 amide bonds. The second-order valence-corrected chi connectivity index (χ2v) is 9.60. The molecule has 0 spiro atoms. The molecule has 29 heavy (non-hydrogen) atoms. The van der Waals surface area contributed by atoms with E-state index in [4.69, 9.17) is 4.74 Å². The van der Waals surface area contributed by atoms with Gasteiger partial charge >= 0.3 is 5.97 Å². The minimum Gasteiger partial charge on any atom is -0.466 e. The van der Waals surface area contributed by atoms with Crippen molar-refractivity contribution in [1.82, 2.24) is 5.32 Å². The molecule has 2 aliphatic rings. The number of hydrogen-bond acceptors (Lipinski definition) is 5. The zero-order valence-corrected chi connectivity index (χ0v) is 18.0. The Balaban J connectivity index is 1.85. The van der Waals surface area contributed by atoms with Crippen molar-refractivity contribution < 1.29 is 14.3 Å². The summed E-state index contributed by atoms with van der Waals surface area (Å²) in [5.74, 6) is -0.666. The molecule has 0 unspecified atom stereocenters. The van der Waals surface area contributed by atoms with E-state index < -0.39 is 0 Å². The molecule has 150 valence electrons. The molecule has 1 aromatic heterocycles. The monoisotopic (exact) mass is 407 g/mol. The molecule has 0 fully saturated rings. The van der Waals surface area contributed by atoms with E-state index in [-0.39, 0.29) is 23.1 Å². The third kappa shape index (κ3) is 3.55. The zero-order valence-electron chi connectivity index (χ0n) is 17.2. The fraction of sp³-hybridized carbons (Fsp3) is 0.333. The van der Waals surface area contributed by atoms with E-state index in [1.54, 1.807) is 11.3 Å². The van der Waals surface area contributed by atoms with Crippen LogP contribution < -0.4 is 5.32 Å². The molecule has 1 aliphatic carbocycles. The van der Waals surface area contributed by atoms with Crippen LogP contribution in [0.4, 0.5) is 0 Å². The lowest BCUT2D eigenvalue weighted by molar-refractivity contribution is -0.136. The topological polar surface area (TPSA) is 55.4 Å². The number of ether oxygens (including phenoxy) is 1. The van der Waals surface area contributed by atoms with Crippen LogP contribution >= 0.6 is 11.3 Å². The number of hydrogen-bond donors (Lipinski definition) is 1. The number of benzene rings is 1. The molecule has 1 N–H and O–H groups in total. The molecule has 4 rings (SSSR count). The Hall–Kier alpha value is -2.66. The first-order chi connectivity index (χ1) is 13.8. The highest BCUT2D eigenvalue weighted by Gasteiger charge is 2.43. The minimum absolute atomic E-state index is 0.0961. The summed E-state index contributed by atoms with van der Waals surface area (Å²) in [5, 5.41) is 3.35. The normalized spacial score (nSPS) is 21.0. The zero-order chi connectivity index (χ0) is 20.8. The van der Waals surface area contributed by atoms with E-state index in [9.17, 15) is 9.59 Å². The number of Topliss-reactive ketones (excluding diaryl/α,β-unsaturated/α-hetero) is 1. The van der Waals surface area contributed by atoms with Gasteiger partial charge in [0.1, 0.15) is 0 Å². The first-order valence-electron chi connectivity index (χ1n) is 9.78. The number of allylic oxidation sites excluding steroid dienone is 3. The van der Waals surface area contributed by atoms with Gasteiger partial charge in [-0.15, -0.1) is 11.3 Å². The van der Waals surface area contributed by atoms with E-state index in [0.717, 1.165) is 38.7 Å². The van der Waals surface area contributed by atoms with Crippen LogP contribution in [0.1, 0.15) is 44.4 Å². The van der Waals surface area contributed by atoms with Crippen LogP contribution in [-0.4, -0.2) is 18.9 Å². The first-order valence-corrected chi connectivity index (χ1v) is 10.6. The van der Waals surface area contributed by atoms with Crippen LogP contribution in [0.25, 0.3) is 10.4 Å². The quantitative estimate of drug-likeness (QED) is 0.711. The predicted octanol–water partition coefficient (Wildman–Crippen LogP) is 5.19. The van der Waals surface area contributed by atoms with Crippen molar-refractivity contribution in [3.8, 4) is 10.4 Å². The molecule has 0 bridgehead atoms. The van der Waals surface area contributed by atoms with Crippen molar-refractivity contribution in [2.45, 2.75) is 39.5 Å². The Labute approximate surface area is 175 Å². The van der Waals surface area contributed by atoms with Crippen molar-refractivity contribution in [2.75, 3.05) is 7.11 Å². The Morgan fingerprint density at radius 3 is 2.55 bits per heavy atom. The fourth-order valence-electron chi connectivity index (χ4n) is 4.37. The van der Waals surface area contributed by atoms with Gasteiger partial charge in [-0.3, -0.25) is 4.79 Å². The fourth-order valence-corrected chi connectivity index (χ4v) is 5.50. The summed E-state index contributed by atoms with van der Waals surface area (Å²) in [6.45, 7) is 6.11. The number of carbonyl (C=O) groups excluding carboxylic acids is 2. The van der Waals surface area contributed by atoms with Gasteiger partial charge in [-0.05, 0) is 36.5 Å². The van der Waals surface area contributed by atoms with Crippen LogP contribution in [0.2, 0.25) is 0 Å². The summed E-state index contributed by atoms with van der Waals surface area (Å²) in [6.07, 6.45) is 1.27. The summed E-state index contributed by atoms with van der Waals surface area (Å²) in [4.78, 5) is 28.0. The summed E-state index contributed by atoms with van der Waals surface area (Å²) in [6, 6.07) is 14.3. The highest BCUT2D eigenvalue weighted by molar-refractivity contribution is 7.15. The molecule has 0 saturated carbocycles. The van der Waals surface area contributed by atoms with Gasteiger partial charge in [-0.2, -0.15) is 0 Å². The van der Waals surface area contributed by atoms with Crippen molar-refractivity contribution in [3.05, 3.63) is 69.9 Å². The van der Waals surface area contributed by atoms with Crippen molar-refractivity contribution in [2.24, 2.45) is 5.41 Å². The molecule has 4 nitrogen and oxygen atoms in total. The third-order valence-corrected chi connectivity index (χ3v) is 6.81. The SMILES string of the molecule is COC(=O)C1=C(C)NC2=C(C(=O)CC(C)(C)C2)[C@H]1c1ccc(-c2ccccc2)s1. The Morgan fingerprint density at radius 1 is 1.14 bits per heavy atom. The van der Waals surface area contributed by atoms with Gasteiger partial charge in [0.05, 0.1) is 18.6 Å². The number of ketones is 1. The summed E-state index contributed by atoms with van der Waals surface area (Å²) in [7, 11) is 1.39. The lowest BCUT2D eigenvalue weighted by Gasteiger charge is -2.39. The Bertz CT molecular complexity index is 1040. The van der Waals surface area contributed by atoms with Gasteiger partial charge in [-0.1, -0.05) is 44.2 Å². The molecule has 1 aliphatic heterocycles. The maximum Gasteiger partial charge on any atom is 0.336 e. The van der Waals surface area contributed by atoms with E-state index in [0.29, 0.717) is 12.0 Å². The highest BCUT2D eigenvalue weighted by Crippen LogP contribution is 2.48. The number of rotatable bonds is 3. The van der Waals surface area contributed by atoms with Crippen molar-refractivity contribution in [1.29, 1.82) is 0 Å². The number of thiophene rings is 1. The number of carbonyl (C=O) groups is 2. The van der Waals surface area contributed by atoms with Gasteiger partial charge in [-0.25, -0.2) is 4.79 Å². The summed E-state index contributed by atoms with van der Waals surface area (Å²) < 4.78 is 5.09. The predicted molar refractivity (Wildman–Crippen MR) is 115 cm³/mol. The van der Waals surface area contributed by atoms with Crippen molar-refractivity contribution in [3.63, 3.8) is 0 Å². The second kappa shape index (κ2) is 7.30. The molecule has 2 heterocycles. The molecule has 0 radical (unpaired) electrons. The van der Waals surface area contributed by atoms with Crippen LogP contribution in [0.3, 0.4) is 0 Å². The number of esters is 1. The van der Waals surface area contributed by atoms with Crippen molar-refractivity contribution >= 4 is 23.1 Å². The van der Waals surface area contributed by atoms with Gasteiger partial charge in [0, 0.05) is 33.1 Å². The van der Waals surface area contributed by atoms with Gasteiger partial charge < -0.3 is 10.1 Å². The average Bonchev–Trinajstić information content (AvgIpc) is 3.16. The van der Waals surface area contributed by atoms with E-state index in [1.165, 1.54) is 7.11 Å². The van der Waals surface area contributed by atoms with Gasteiger partial charge in [0.25, 0.3) is 0 Å². The van der Waals surface area contributed by atoms with E-state index in [2.05, 4.69) is 37.4 Å². The molecule has 1 atom stereocenters. The van der Waals surface area contributed by atoms with Crippen LogP contribution in [-0.2, 0) is 14.3 Å². The number of dihydropyridines is 1. The maximum absolute atomic E-state index is 13.2. The largest absolute Gasteiger partial charge is 0.466 e. The first kappa shape index (κ1) is 19.6. The average molecular weight is 408 g/mol. The third-order valence-electron chi connectivity index (χ3n) is 5.61. The van der Waals surface area contributed by atoms with E-state index >= 15 is 0 Å². The maximum atomic E-state index is 13.2. The molecule has 1 aromatic carbocycles. The van der Waals surface area contributed by atoms with Crippen LogP contribution in [0.15, 0.2) is 65.0 Å². The van der Waals surface area contributed by atoms with E-state index in [1.807, 2.05) is 31.2 Å². The standard InChI is InChI=1S/C24H25NO3S/c1-14-20(23(27)28-4)22(21-16(25-14)12-24(2,3)13-17(21)26)19-11-10-18(29-19)15-8-6-5-7-9-15/h5-11,22,25H,12-13H2,1-4H3/t22-/m0/s1. The lowest BCUT2D eigenvalue weighted by Crippen LogP contribution is -2.38. The molecular formula is C24H25NO3S. The molecular weight excluding hydrogens is 382 g/mol. The van der Waals surface area contributed by atoms with Crippen LogP contribution in [0.5, 0.6) is 0 Å². The lowest BCUT2D eigenvalue weighted by atomic mass is 9.70. The second-order valence-electron chi connectivity index (χ2n) is 8.49. The van der Waals surface area contributed by atoms with Gasteiger partial charge in [0.15, 0.2) is 5.78 Å². The summed E-state index contributed by atoms with van der Waals surface area (Å²) >= 11 is 1.63. The molecule has 2 aromatic rings. The number of nitrogens with one attached hydrogen (secondary N) is 1.